The highest BCUT2D eigenvalue weighted by Gasteiger charge is 2.42. The molecule has 0 amide bonds. The van der Waals surface area contributed by atoms with Crippen LogP contribution in [0, 0.1) is 6.57 Å². The number of hydrogen-bond acceptors (Lipinski definition) is 5. The number of nitrogens with one attached hydrogen (secondary N) is 1. The average molecular weight is 399 g/mol. The molecule has 11 heteroatoms. The van der Waals surface area contributed by atoms with Crippen LogP contribution in [0.3, 0.4) is 0 Å². The Hall–Kier alpha value is -3.78. The van der Waals surface area contributed by atoms with Gasteiger partial charge in [-0.25, -0.2) is 26.2 Å². The number of rotatable bonds is 5. The van der Waals surface area contributed by atoms with Crippen molar-refractivity contribution in [3.05, 3.63) is 66.3 Å². The quantitative estimate of drug-likeness (QED) is 0.517. The Morgan fingerprint density at radius 1 is 1.17 bits per heavy atom. The van der Waals surface area contributed by atoms with Crippen molar-refractivity contribution < 1.29 is 17.9 Å². The van der Waals surface area contributed by atoms with E-state index in [1.165, 1.54) is 16.8 Å². The molecule has 4 heterocycles. The Morgan fingerprint density at radius 3 is 2.76 bits per heavy atom. The number of imidazole rings is 1. The van der Waals surface area contributed by atoms with Crippen molar-refractivity contribution >= 4 is 11.2 Å². The molecule has 1 unspecified atom stereocenters. The van der Waals surface area contributed by atoms with Crippen molar-refractivity contribution in [1.29, 1.82) is 0 Å². The molecule has 0 aliphatic heterocycles. The lowest BCUT2D eigenvalue weighted by molar-refractivity contribution is -0.221. The van der Waals surface area contributed by atoms with Crippen molar-refractivity contribution in [2.24, 2.45) is 0 Å². The fraction of sp³-hybridized carbons (Fsp3) is 0.167. The molecule has 1 atom stereocenters. The van der Waals surface area contributed by atoms with Crippen molar-refractivity contribution in [3.8, 4) is 16.9 Å². The van der Waals surface area contributed by atoms with Gasteiger partial charge in [-0.2, -0.15) is 18.3 Å². The van der Waals surface area contributed by atoms with Crippen LogP contribution in [0.4, 0.5) is 13.2 Å². The van der Waals surface area contributed by atoms with Crippen LogP contribution >= 0.6 is 0 Å². The summed E-state index contributed by atoms with van der Waals surface area (Å²) in [6, 6.07) is 4.47. The summed E-state index contributed by atoms with van der Waals surface area (Å²) < 4.78 is 45.5. The van der Waals surface area contributed by atoms with E-state index in [1.807, 2.05) is 0 Å². The van der Waals surface area contributed by atoms with Crippen LogP contribution in [0.15, 0.2) is 49.3 Å². The molecular weight excluding hydrogens is 387 g/mol. The number of ether oxygens (including phenoxy) is 1. The van der Waals surface area contributed by atoms with E-state index in [1.54, 1.807) is 31.0 Å². The molecule has 4 aromatic rings. The van der Waals surface area contributed by atoms with Gasteiger partial charge in [-0.15, -0.1) is 0 Å². The number of aromatic amines is 1. The molecule has 0 spiro atoms. The Kier molecular flexibility index (Phi) is 4.69. The van der Waals surface area contributed by atoms with Gasteiger partial charge in [0.15, 0.2) is 17.6 Å². The highest BCUT2D eigenvalue weighted by molar-refractivity contribution is 5.88. The second-order valence-electron chi connectivity index (χ2n) is 5.96. The first-order chi connectivity index (χ1) is 14.0. The first-order valence-corrected chi connectivity index (χ1v) is 8.28. The maximum Gasteiger partial charge on any atom is 0.419 e. The van der Waals surface area contributed by atoms with E-state index in [4.69, 9.17) is 6.57 Å². The lowest BCUT2D eigenvalue weighted by atomic mass is 10.1. The minimum atomic E-state index is -4.65. The van der Waals surface area contributed by atoms with E-state index in [9.17, 15) is 13.2 Å². The number of fused-ring (bicyclic) bond motifs is 1. The van der Waals surface area contributed by atoms with Crippen molar-refractivity contribution in [2.45, 2.75) is 12.3 Å². The molecule has 0 aliphatic carbocycles. The molecule has 8 nitrogen and oxygen atoms in total. The highest BCUT2D eigenvalue weighted by Crippen LogP contribution is 2.35. The topological polar surface area (TPSA) is 85.9 Å². The van der Waals surface area contributed by atoms with Gasteiger partial charge in [-0.05, 0) is 12.1 Å². The zero-order valence-electron chi connectivity index (χ0n) is 14.6. The molecule has 0 fully saturated rings. The molecule has 0 aromatic carbocycles. The maximum atomic E-state index is 13.2. The molecule has 0 radical (unpaired) electrons. The van der Waals surface area contributed by atoms with E-state index >= 15 is 0 Å². The van der Waals surface area contributed by atoms with Crippen molar-refractivity contribution in [2.75, 3.05) is 6.73 Å². The molecule has 0 bridgehead atoms. The minimum absolute atomic E-state index is 0.189. The van der Waals surface area contributed by atoms with Gasteiger partial charge in [0, 0.05) is 35.3 Å². The lowest BCUT2D eigenvalue weighted by Gasteiger charge is -2.18. The molecule has 0 saturated heterocycles. The fourth-order valence-electron chi connectivity index (χ4n) is 2.86. The number of nitrogens with zero attached hydrogens (tertiary/aromatic N) is 6. The van der Waals surface area contributed by atoms with Gasteiger partial charge in [0.1, 0.15) is 0 Å². The number of H-pyrrole nitrogens is 1. The second kappa shape index (κ2) is 7.33. The third-order valence-corrected chi connectivity index (χ3v) is 4.13. The molecule has 29 heavy (non-hydrogen) atoms. The number of pyridine rings is 2. The zero-order chi connectivity index (χ0) is 20.4. The smallest absolute Gasteiger partial charge is 0.343 e. The van der Waals surface area contributed by atoms with Crippen molar-refractivity contribution in [1.82, 2.24) is 29.7 Å². The van der Waals surface area contributed by atoms with Crippen LogP contribution in [0.1, 0.15) is 11.7 Å². The summed E-state index contributed by atoms with van der Waals surface area (Å²) in [6.07, 6.45) is 0.693. The second-order valence-corrected chi connectivity index (χ2v) is 5.96. The molecule has 0 aliphatic rings. The maximum absolute atomic E-state index is 13.2. The Labute approximate surface area is 161 Å². The first kappa shape index (κ1) is 18.6. The molecule has 4 rings (SSSR count). The van der Waals surface area contributed by atoms with Crippen LogP contribution in [-0.2, 0) is 4.74 Å². The number of halogens is 3. The SMILES string of the molecule is [C-]#[N+]COC(c1ccc(-n2cc(-c3ccnc4nc[nH]c34)cn2)nc1)C(F)(F)F. The van der Waals surface area contributed by atoms with Gasteiger partial charge >= 0.3 is 12.9 Å². The third-order valence-electron chi connectivity index (χ3n) is 4.13. The van der Waals surface area contributed by atoms with Crippen LogP contribution in [0.25, 0.3) is 33.0 Å². The van der Waals surface area contributed by atoms with E-state index in [2.05, 4.69) is 34.6 Å². The largest absolute Gasteiger partial charge is 0.419 e. The van der Waals surface area contributed by atoms with E-state index < -0.39 is 19.0 Å². The van der Waals surface area contributed by atoms with Gasteiger partial charge in [-0.1, -0.05) is 6.07 Å². The van der Waals surface area contributed by atoms with Crippen LogP contribution in [0.2, 0.25) is 0 Å². The lowest BCUT2D eigenvalue weighted by Crippen LogP contribution is -2.23. The van der Waals surface area contributed by atoms with E-state index in [0.717, 1.165) is 22.8 Å². The van der Waals surface area contributed by atoms with Gasteiger partial charge in [0.25, 0.3) is 0 Å². The summed E-state index contributed by atoms with van der Waals surface area (Å²) in [5.41, 5.74) is 2.72. The fourth-order valence-corrected chi connectivity index (χ4v) is 2.86. The van der Waals surface area contributed by atoms with Gasteiger partial charge in [0.05, 0.1) is 18.0 Å². The predicted octanol–water partition coefficient (Wildman–Crippen LogP) is 3.70. The number of alkyl halides is 3. The first-order valence-electron chi connectivity index (χ1n) is 8.28. The summed E-state index contributed by atoms with van der Waals surface area (Å²) in [7, 11) is 0. The summed E-state index contributed by atoms with van der Waals surface area (Å²) in [5.74, 6) is 0.334. The standard InChI is InChI=1S/C18H12F3N7O/c1-22-10-29-16(18(19,20)21)11-2-3-14(24-6-11)28-8-12(7-27-28)13-4-5-23-17-15(13)25-9-26-17/h2-9,16H,10H2,(H,23,25,26). The average Bonchev–Trinajstić information content (AvgIpc) is 3.37. The Balaban J connectivity index is 1.62. The van der Waals surface area contributed by atoms with E-state index in [0.29, 0.717) is 11.5 Å². The predicted molar refractivity (Wildman–Crippen MR) is 95.6 cm³/mol. The van der Waals surface area contributed by atoms with Gasteiger partial charge in [0.2, 0.25) is 0 Å². The number of hydrogen-bond donors (Lipinski definition) is 1. The van der Waals surface area contributed by atoms with Crippen LogP contribution in [0.5, 0.6) is 0 Å². The summed E-state index contributed by atoms with van der Waals surface area (Å²) in [5, 5.41) is 4.23. The molecule has 4 aromatic heterocycles. The van der Waals surface area contributed by atoms with Gasteiger partial charge in [-0.3, -0.25) is 9.58 Å². The van der Waals surface area contributed by atoms with Crippen molar-refractivity contribution in [3.63, 3.8) is 0 Å². The molecular formula is C18H12F3N7O. The monoisotopic (exact) mass is 399 g/mol. The summed E-state index contributed by atoms with van der Waals surface area (Å²) in [4.78, 5) is 18.2. The third kappa shape index (κ3) is 3.65. The summed E-state index contributed by atoms with van der Waals surface area (Å²) >= 11 is 0. The summed E-state index contributed by atoms with van der Waals surface area (Å²) in [6.45, 7) is 5.93. The zero-order valence-corrected chi connectivity index (χ0v) is 14.6. The minimum Gasteiger partial charge on any atom is -0.343 e. The van der Waals surface area contributed by atoms with E-state index in [-0.39, 0.29) is 5.56 Å². The van der Waals surface area contributed by atoms with Crippen LogP contribution < -0.4 is 0 Å². The molecule has 146 valence electrons. The molecule has 1 N–H and O–H groups in total. The van der Waals surface area contributed by atoms with Gasteiger partial charge < -0.3 is 4.98 Å². The highest BCUT2D eigenvalue weighted by atomic mass is 19.4. The normalized spacial score (nSPS) is 12.8. The Morgan fingerprint density at radius 2 is 2.03 bits per heavy atom. The number of aromatic nitrogens is 6. The Bertz CT molecular complexity index is 1170. The molecule has 0 saturated carbocycles. The van der Waals surface area contributed by atoms with Crippen LogP contribution in [-0.4, -0.2) is 42.6 Å².